The van der Waals surface area contributed by atoms with Gasteiger partial charge in [-0.3, -0.25) is 4.79 Å². The van der Waals surface area contributed by atoms with Crippen LogP contribution in [0.3, 0.4) is 0 Å². The van der Waals surface area contributed by atoms with Gasteiger partial charge in [-0.15, -0.1) is 0 Å². The maximum atomic E-state index is 12.1. The van der Waals surface area contributed by atoms with Crippen LogP contribution < -0.4 is 0 Å². The van der Waals surface area contributed by atoms with Gasteiger partial charge in [-0.2, -0.15) is 0 Å². The van der Waals surface area contributed by atoms with E-state index in [1.165, 1.54) is 0 Å². The van der Waals surface area contributed by atoms with Crippen molar-refractivity contribution in [2.24, 2.45) is 46.3 Å². The van der Waals surface area contributed by atoms with Crippen molar-refractivity contribution in [3.8, 4) is 0 Å². The maximum Gasteiger partial charge on any atom is 0.133 e. The average Bonchev–Trinajstić information content (AvgIpc) is 3.01. The summed E-state index contributed by atoms with van der Waals surface area (Å²) in [6.07, 6.45) is 7.15. The number of carbonyl (C=O) groups excluding carboxylic acids is 1. The standard InChI is InChI=1S/C24H40O4/c1-14(5-4-10-25)17-6-7-18-22-19(13-21(28)24(17,18)3)23(2)9-8-16(26)11-15(23)12-20(22)27/h14-15,17-22,25,27-28H,4-13H2,1-3H3/t14-,15-,17-,18+,19+,20-,21+,22+,23+,24-/m1/s1. The van der Waals surface area contributed by atoms with Crippen LogP contribution in [0.5, 0.6) is 0 Å². The molecule has 4 heteroatoms. The minimum atomic E-state index is -0.336. The molecule has 0 aromatic rings. The number of hydrogen-bond donors (Lipinski definition) is 3. The Kier molecular flexibility index (Phi) is 5.46. The van der Waals surface area contributed by atoms with Crippen molar-refractivity contribution in [3.63, 3.8) is 0 Å². The Morgan fingerprint density at radius 2 is 1.89 bits per heavy atom. The first-order valence-electron chi connectivity index (χ1n) is 11.7. The first-order chi connectivity index (χ1) is 13.2. The van der Waals surface area contributed by atoms with E-state index in [4.69, 9.17) is 0 Å². The van der Waals surface area contributed by atoms with Gasteiger partial charge in [0, 0.05) is 19.4 Å². The van der Waals surface area contributed by atoms with Gasteiger partial charge in [0.05, 0.1) is 12.2 Å². The molecule has 0 aromatic carbocycles. The lowest BCUT2D eigenvalue weighted by Gasteiger charge is -2.63. The third-order valence-corrected chi connectivity index (χ3v) is 10.2. The Labute approximate surface area is 170 Å². The van der Waals surface area contributed by atoms with E-state index in [2.05, 4.69) is 20.8 Å². The summed E-state index contributed by atoms with van der Waals surface area (Å²) in [5, 5.41) is 31.9. The summed E-state index contributed by atoms with van der Waals surface area (Å²) < 4.78 is 0. The number of aliphatic hydroxyl groups excluding tert-OH is 3. The lowest BCUT2D eigenvalue weighted by Crippen LogP contribution is -2.62. The Morgan fingerprint density at radius 1 is 1.14 bits per heavy atom. The summed E-state index contributed by atoms with van der Waals surface area (Å²) in [7, 11) is 0. The molecule has 4 saturated carbocycles. The zero-order chi connectivity index (χ0) is 20.3. The highest BCUT2D eigenvalue weighted by Crippen LogP contribution is 2.68. The van der Waals surface area contributed by atoms with E-state index in [1.54, 1.807) is 0 Å². The second-order valence-electron chi connectivity index (χ2n) is 11.2. The summed E-state index contributed by atoms with van der Waals surface area (Å²) >= 11 is 0. The van der Waals surface area contributed by atoms with Crippen LogP contribution in [0.25, 0.3) is 0 Å². The van der Waals surface area contributed by atoms with Gasteiger partial charge in [0.25, 0.3) is 0 Å². The van der Waals surface area contributed by atoms with E-state index in [0.29, 0.717) is 42.3 Å². The molecular weight excluding hydrogens is 352 g/mol. The van der Waals surface area contributed by atoms with Gasteiger partial charge in [-0.05, 0) is 91.3 Å². The molecule has 4 aliphatic carbocycles. The highest BCUT2D eigenvalue weighted by Gasteiger charge is 2.65. The Morgan fingerprint density at radius 3 is 2.61 bits per heavy atom. The molecule has 0 aromatic heterocycles. The smallest absolute Gasteiger partial charge is 0.133 e. The topological polar surface area (TPSA) is 77.8 Å². The predicted molar refractivity (Wildman–Crippen MR) is 108 cm³/mol. The van der Waals surface area contributed by atoms with Gasteiger partial charge in [-0.1, -0.05) is 20.8 Å². The summed E-state index contributed by atoms with van der Waals surface area (Å²) in [6.45, 7) is 7.16. The summed E-state index contributed by atoms with van der Waals surface area (Å²) in [4.78, 5) is 12.1. The molecule has 10 atom stereocenters. The van der Waals surface area contributed by atoms with Crippen molar-refractivity contribution in [2.45, 2.75) is 90.8 Å². The molecule has 3 N–H and O–H groups in total. The number of Topliss-reactive ketones (excluding diaryl/α,β-unsaturated/α-hetero) is 1. The van der Waals surface area contributed by atoms with Crippen LogP contribution in [0, 0.1) is 46.3 Å². The molecular formula is C24H40O4. The van der Waals surface area contributed by atoms with Gasteiger partial charge in [0.15, 0.2) is 0 Å². The molecule has 0 heterocycles. The highest BCUT2D eigenvalue weighted by molar-refractivity contribution is 5.79. The van der Waals surface area contributed by atoms with Gasteiger partial charge in [0.1, 0.15) is 5.78 Å². The van der Waals surface area contributed by atoms with E-state index in [9.17, 15) is 20.1 Å². The molecule has 0 unspecified atom stereocenters. The molecule has 4 rings (SSSR count). The first kappa shape index (κ1) is 20.8. The van der Waals surface area contributed by atoms with E-state index in [-0.39, 0.29) is 41.5 Å². The number of carbonyl (C=O) groups is 1. The fourth-order valence-corrected chi connectivity index (χ4v) is 8.56. The third kappa shape index (κ3) is 2.93. The second kappa shape index (κ2) is 7.35. The van der Waals surface area contributed by atoms with Gasteiger partial charge in [-0.25, -0.2) is 0 Å². The van der Waals surface area contributed by atoms with Crippen molar-refractivity contribution in [3.05, 3.63) is 0 Å². The molecule has 0 amide bonds. The zero-order valence-corrected chi connectivity index (χ0v) is 17.9. The van der Waals surface area contributed by atoms with E-state index >= 15 is 0 Å². The normalized spacial score (nSPS) is 51.9. The molecule has 0 radical (unpaired) electrons. The molecule has 4 aliphatic rings. The summed E-state index contributed by atoms with van der Waals surface area (Å²) in [5.74, 6) is 2.55. The summed E-state index contributed by atoms with van der Waals surface area (Å²) in [5.41, 5.74) is -0.0502. The lowest BCUT2D eigenvalue weighted by atomic mass is 9.43. The SMILES string of the molecule is C[C@H](CCCO)[C@H]1CC[C@H]2[C@@H]3[C@H](O)C[C@H]4CC(=O)CC[C@]4(C)[C@H]3C[C@H](O)[C@]12C. The molecule has 0 aliphatic heterocycles. The van der Waals surface area contributed by atoms with Crippen LogP contribution in [0.1, 0.15) is 78.6 Å². The largest absolute Gasteiger partial charge is 0.396 e. The third-order valence-electron chi connectivity index (χ3n) is 10.2. The molecule has 0 bridgehead atoms. The van der Waals surface area contributed by atoms with Gasteiger partial charge >= 0.3 is 0 Å². The highest BCUT2D eigenvalue weighted by atomic mass is 16.3. The van der Waals surface area contributed by atoms with Crippen LogP contribution in [0.2, 0.25) is 0 Å². The molecule has 4 nitrogen and oxygen atoms in total. The second-order valence-corrected chi connectivity index (χ2v) is 11.2. The van der Waals surface area contributed by atoms with Crippen LogP contribution in [0.15, 0.2) is 0 Å². The molecule has 28 heavy (non-hydrogen) atoms. The number of fused-ring (bicyclic) bond motifs is 5. The average molecular weight is 393 g/mol. The Bertz CT molecular complexity index is 605. The first-order valence-corrected chi connectivity index (χ1v) is 11.7. The van der Waals surface area contributed by atoms with Gasteiger partial charge in [0.2, 0.25) is 0 Å². The number of hydrogen-bond acceptors (Lipinski definition) is 4. The lowest BCUT2D eigenvalue weighted by molar-refractivity contribution is -0.201. The number of aliphatic hydroxyl groups is 3. The predicted octanol–water partition coefficient (Wildman–Crippen LogP) is 3.56. The maximum absolute atomic E-state index is 12.1. The fraction of sp³-hybridized carbons (Fsp3) is 0.958. The van der Waals surface area contributed by atoms with Crippen molar-refractivity contribution < 1.29 is 20.1 Å². The Hall–Kier alpha value is -0.450. The Balaban J connectivity index is 1.63. The van der Waals surface area contributed by atoms with Crippen LogP contribution in [-0.2, 0) is 4.79 Å². The van der Waals surface area contributed by atoms with Crippen molar-refractivity contribution in [1.29, 1.82) is 0 Å². The van der Waals surface area contributed by atoms with Crippen LogP contribution in [-0.4, -0.2) is 39.9 Å². The molecule has 0 saturated heterocycles. The fourth-order valence-electron chi connectivity index (χ4n) is 8.56. The van der Waals surface area contributed by atoms with Crippen LogP contribution >= 0.6 is 0 Å². The van der Waals surface area contributed by atoms with Crippen molar-refractivity contribution in [1.82, 2.24) is 0 Å². The van der Waals surface area contributed by atoms with Crippen LogP contribution in [0.4, 0.5) is 0 Å². The number of rotatable bonds is 4. The minimum Gasteiger partial charge on any atom is -0.396 e. The quantitative estimate of drug-likeness (QED) is 0.683. The van der Waals surface area contributed by atoms with E-state index < -0.39 is 0 Å². The molecule has 160 valence electrons. The van der Waals surface area contributed by atoms with Gasteiger partial charge < -0.3 is 15.3 Å². The zero-order valence-electron chi connectivity index (χ0n) is 17.9. The van der Waals surface area contributed by atoms with Crippen molar-refractivity contribution in [2.75, 3.05) is 6.61 Å². The number of ketones is 1. The monoisotopic (exact) mass is 392 g/mol. The van der Waals surface area contributed by atoms with E-state index in [1.807, 2.05) is 0 Å². The minimum absolute atomic E-state index is 0.0840. The van der Waals surface area contributed by atoms with Crippen molar-refractivity contribution >= 4 is 5.78 Å². The van der Waals surface area contributed by atoms with E-state index in [0.717, 1.165) is 44.9 Å². The molecule has 0 spiro atoms. The summed E-state index contributed by atoms with van der Waals surface area (Å²) in [6, 6.07) is 0. The molecule has 4 fully saturated rings.